The van der Waals surface area contributed by atoms with Gasteiger partial charge in [-0.2, -0.15) is 0 Å². The van der Waals surface area contributed by atoms with Gasteiger partial charge in [-0.15, -0.1) is 0 Å². The number of hydrogen-bond acceptors (Lipinski definition) is 4. The maximum atomic E-state index is 12.4. The Morgan fingerprint density at radius 2 is 1.85 bits per heavy atom. The molecule has 1 heterocycles. The van der Waals surface area contributed by atoms with Gasteiger partial charge in [0.05, 0.1) is 12.7 Å². The highest BCUT2D eigenvalue weighted by Gasteiger charge is 2.20. The van der Waals surface area contributed by atoms with E-state index in [2.05, 4.69) is 10.1 Å². The predicted octanol–water partition coefficient (Wildman–Crippen LogP) is 2.85. The summed E-state index contributed by atoms with van der Waals surface area (Å²) in [6.45, 7) is 1.33. The number of anilines is 1. The molecule has 0 atom stereocenters. The summed E-state index contributed by atoms with van der Waals surface area (Å²) in [6.07, 6.45) is 1.51. The van der Waals surface area contributed by atoms with Crippen LogP contribution >= 0.6 is 0 Å². The van der Waals surface area contributed by atoms with Crippen LogP contribution < -0.4 is 5.32 Å². The van der Waals surface area contributed by atoms with Crippen molar-refractivity contribution < 1.29 is 19.1 Å². The van der Waals surface area contributed by atoms with Gasteiger partial charge in [0.15, 0.2) is 0 Å². The normalized spacial score (nSPS) is 13.6. The van der Waals surface area contributed by atoms with Crippen LogP contribution in [-0.2, 0) is 16.1 Å². The van der Waals surface area contributed by atoms with Crippen molar-refractivity contribution in [3.05, 3.63) is 65.2 Å². The number of ether oxygens (including phenoxy) is 1. The number of carbonyl (C=O) groups is 3. The van der Waals surface area contributed by atoms with E-state index in [1.54, 1.807) is 30.3 Å². The van der Waals surface area contributed by atoms with Gasteiger partial charge in [-0.1, -0.05) is 12.1 Å². The van der Waals surface area contributed by atoms with Crippen molar-refractivity contribution in [3.63, 3.8) is 0 Å². The van der Waals surface area contributed by atoms with Crippen molar-refractivity contribution in [2.24, 2.45) is 0 Å². The number of amides is 2. The largest absolute Gasteiger partial charge is 0.465 e. The van der Waals surface area contributed by atoms with E-state index in [9.17, 15) is 14.4 Å². The van der Waals surface area contributed by atoms with E-state index in [0.29, 0.717) is 29.8 Å². The van der Waals surface area contributed by atoms with E-state index < -0.39 is 5.97 Å². The van der Waals surface area contributed by atoms with Crippen molar-refractivity contribution in [2.45, 2.75) is 19.4 Å². The summed E-state index contributed by atoms with van der Waals surface area (Å²) < 4.78 is 4.64. The van der Waals surface area contributed by atoms with Crippen LogP contribution in [0.25, 0.3) is 0 Å². The Labute approximate surface area is 151 Å². The minimum absolute atomic E-state index is 0.171. The number of hydrogen-bond donors (Lipinski definition) is 1. The number of carbonyl (C=O) groups excluding carboxylic acids is 3. The molecule has 0 radical (unpaired) electrons. The molecule has 1 saturated heterocycles. The Kier molecular flexibility index (Phi) is 5.31. The molecule has 2 aromatic carbocycles. The summed E-state index contributed by atoms with van der Waals surface area (Å²) in [5.74, 6) is -0.540. The zero-order valence-corrected chi connectivity index (χ0v) is 14.5. The Balaban J connectivity index is 1.66. The molecule has 2 aromatic rings. The summed E-state index contributed by atoms with van der Waals surface area (Å²) in [7, 11) is 1.31. The lowest BCUT2D eigenvalue weighted by molar-refractivity contribution is -0.128. The van der Waals surface area contributed by atoms with Crippen LogP contribution in [0.3, 0.4) is 0 Å². The van der Waals surface area contributed by atoms with Crippen molar-refractivity contribution in [3.8, 4) is 0 Å². The zero-order chi connectivity index (χ0) is 18.5. The third-order valence-electron chi connectivity index (χ3n) is 4.30. The Morgan fingerprint density at radius 1 is 1.12 bits per heavy atom. The van der Waals surface area contributed by atoms with E-state index in [-0.39, 0.29) is 11.8 Å². The number of benzene rings is 2. The van der Waals surface area contributed by atoms with Crippen molar-refractivity contribution in [1.82, 2.24) is 4.90 Å². The van der Waals surface area contributed by atoms with Crippen LogP contribution in [0.5, 0.6) is 0 Å². The average molecular weight is 352 g/mol. The molecule has 1 aliphatic rings. The second-order valence-corrected chi connectivity index (χ2v) is 6.14. The summed E-state index contributed by atoms with van der Waals surface area (Å²) in [5, 5.41) is 2.84. The average Bonchev–Trinajstić information content (AvgIpc) is 3.06. The Morgan fingerprint density at radius 3 is 2.50 bits per heavy atom. The van der Waals surface area contributed by atoms with Crippen molar-refractivity contribution in [1.29, 1.82) is 0 Å². The van der Waals surface area contributed by atoms with Gasteiger partial charge in [0.2, 0.25) is 5.91 Å². The third-order valence-corrected chi connectivity index (χ3v) is 4.30. The number of methoxy groups -OCH3 is 1. The molecule has 0 saturated carbocycles. The zero-order valence-electron chi connectivity index (χ0n) is 14.5. The summed E-state index contributed by atoms with van der Waals surface area (Å²) >= 11 is 0. The van der Waals surface area contributed by atoms with Crippen LogP contribution in [0.1, 0.15) is 39.1 Å². The first-order valence-electron chi connectivity index (χ1n) is 8.43. The first kappa shape index (κ1) is 17.7. The molecule has 6 nitrogen and oxygen atoms in total. The standard InChI is InChI=1S/C20H20N2O4/c1-26-20(25)16-9-7-15(8-10-16)19(24)21-17-5-2-4-14(12-17)13-22-11-3-6-18(22)23/h2,4-5,7-10,12H,3,6,11,13H2,1H3,(H,21,24). The maximum absolute atomic E-state index is 12.4. The SMILES string of the molecule is COC(=O)c1ccc(C(=O)Nc2cccc(CN3CCCC3=O)c2)cc1. The minimum atomic E-state index is -0.443. The molecule has 6 heteroatoms. The molecule has 0 spiro atoms. The van der Waals surface area contributed by atoms with Gasteiger partial charge in [-0.05, 0) is 48.4 Å². The monoisotopic (exact) mass is 352 g/mol. The van der Waals surface area contributed by atoms with Gasteiger partial charge in [-0.25, -0.2) is 4.79 Å². The predicted molar refractivity (Wildman–Crippen MR) is 96.8 cm³/mol. The summed E-state index contributed by atoms with van der Waals surface area (Å²) in [4.78, 5) is 37.4. The van der Waals surface area contributed by atoms with E-state index >= 15 is 0 Å². The lowest BCUT2D eigenvalue weighted by Crippen LogP contribution is -2.23. The topological polar surface area (TPSA) is 75.7 Å². The third kappa shape index (κ3) is 4.08. The van der Waals surface area contributed by atoms with Gasteiger partial charge in [0.1, 0.15) is 0 Å². The fraction of sp³-hybridized carbons (Fsp3) is 0.250. The van der Waals surface area contributed by atoms with E-state index in [0.717, 1.165) is 18.5 Å². The Bertz CT molecular complexity index is 830. The second-order valence-electron chi connectivity index (χ2n) is 6.14. The highest BCUT2D eigenvalue weighted by molar-refractivity contribution is 6.04. The molecule has 0 bridgehead atoms. The quantitative estimate of drug-likeness (QED) is 0.840. The summed E-state index contributed by atoms with van der Waals surface area (Å²) in [6, 6.07) is 13.7. The van der Waals surface area contributed by atoms with Gasteiger partial charge >= 0.3 is 5.97 Å². The molecule has 3 rings (SSSR count). The number of esters is 1. The molecular weight excluding hydrogens is 332 g/mol. The first-order chi connectivity index (χ1) is 12.6. The number of nitrogens with zero attached hydrogens (tertiary/aromatic N) is 1. The molecule has 26 heavy (non-hydrogen) atoms. The first-order valence-corrected chi connectivity index (χ1v) is 8.43. The molecule has 1 N–H and O–H groups in total. The Hall–Kier alpha value is -3.15. The summed E-state index contributed by atoms with van der Waals surface area (Å²) in [5.41, 5.74) is 2.47. The molecule has 2 amide bonds. The lowest BCUT2D eigenvalue weighted by Gasteiger charge is -2.16. The molecule has 0 aromatic heterocycles. The van der Waals surface area contributed by atoms with E-state index in [4.69, 9.17) is 0 Å². The minimum Gasteiger partial charge on any atom is -0.465 e. The van der Waals surface area contributed by atoms with Crippen LogP contribution in [0.4, 0.5) is 5.69 Å². The van der Waals surface area contributed by atoms with Crippen LogP contribution in [-0.4, -0.2) is 36.3 Å². The highest BCUT2D eigenvalue weighted by atomic mass is 16.5. The number of nitrogens with one attached hydrogen (secondary N) is 1. The van der Waals surface area contributed by atoms with Crippen LogP contribution in [0.2, 0.25) is 0 Å². The molecule has 1 fully saturated rings. The van der Waals surface area contributed by atoms with Gasteiger partial charge < -0.3 is 15.0 Å². The van der Waals surface area contributed by atoms with Crippen LogP contribution in [0, 0.1) is 0 Å². The van der Waals surface area contributed by atoms with Crippen molar-refractivity contribution >= 4 is 23.5 Å². The van der Waals surface area contributed by atoms with E-state index in [1.807, 2.05) is 23.1 Å². The highest BCUT2D eigenvalue weighted by Crippen LogP contribution is 2.18. The fourth-order valence-electron chi connectivity index (χ4n) is 2.92. The van der Waals surface area contributed by atoms with E-state index in [1.165, 1.54) is 7.11 Å². The second kappa shape index (κ2) is 7.82. The number of rotatable bonds is 5. The van der Waals surface area contributed by atoms with Gasteiger partial charge in [0, 0.05) is 30.8 Å². The molecule has 0 unspecified atom stereocenters. The van der Waals surface area contributed by atoms with Gasteiger partial charge in [-0.3, -0.25) is 9.59 Å². The smallest absolute Gasteiger partial charge is 0.337 e. The maximum Gasteiger partial charge on any atom is 0.337 e. The van der Waals surface area contributed by atoms with Crippen molar-refractivity contribution in [2.75, 3.05) is 19.0 Å². The number of likely N-dealkylation sites (tertiary alicyclic amines) is 1. The molecule has 134 valence electrons. The molecular formula is C20H20N2O4. The molecule has 0 aliphatic carbocycles. The molecule has 1 aliphatic heterocycles. The van der Waals surface area contributed by atoms with Gasteiger partial charge in [0.25, 0.3) is 5.91 Å². The lowest BCUT2D eigenvalue weighted by atomic mass is 10.1. The fourth-order valence-corrected chi connectivity index (χ4v) is 2.92. The van der Waals surface area contributed by atoms with Crippen LogP contribution in [0.15, 0.2) is 48.5 Å².